The van der Waals surface area contributed by atoms with Crippen LogP contribution in [0.1, 0.15) is 23.6 Å². The zero-order valence-electron chi connectivity index (χ0n) is 16.7. The number of aryl methyl sites for hydroxylation is 2. The number of ether oxygens (including phenoxy) is 1. The standard InChI is InChI=1S/C19H26F3N5O.HI/c1-4-23-18(24-8-7-15-10-26-27(3)12-15)25-11-16-6-5-14(2)9-17(16)28-13-19(20,21)22;/h5-6,9-10,12H,4,7-8,11,13H2,1-3H3,(H2,23,24,25);1H. The van der Waals surface area contributed by atoms with Gasteiger partial charge in [-0.3, -0.25) is 4.68 Å². The first-order valence-electron chi connectivity index (χ1n) is 9.05. The van der Waals surface area contributed by atoms with E-state index in [9.17, 15) is 13.2 Å². The molecule has 29 heavy (non-hydrogen) atoms. The first-order chi connectivity index (χ1) is 13.3. The lowest BCUT2D eigenvalue weighted by molar-refractivity contribution is -0.153. The highest BCUT2D eigenvalue weighted by atomic mass is 127. The van der Waals surface area contributed by atoms with Gasteiger partial charge in [-0.1, -0.05) is 12.1 Å². The molecule has 6 nitrogen and oxygen atoms in total. The van der Waals surface area contributed by atoms with Crippen molar-refractivity contribution in [3.05, 3.63) is 47.3 Å². The van der Waals surface area contributed by atoms with E-state index >= 15 is 0 Å². The summed E-state index contributed by atoms with van der Waals surface area (Å²) in [6, 6.07) is 5.16. The lowest BCUT2D eigenvalue weighted by atomic mass is 10.1. The minimum absolute atomic E-state index is 0. The van der Waals surface area contributed by atoms with Crippen molar-refractivity contribution in [2.75, 3.05) is 19.7 Å². The largest absolute Gasteiger partial charge is 0.484 e. The van der Waals surface area contributed by atoms with Crippen molar-refractivity contribution in [1.29, 1.82) is 0 Å². The van der Waals surface area contributed by atoms with Gasteiger partial charge < -0.3 is 15.4 Å². The minimum Gasteiger partial charge on any atom is -0.484 e. The maximum atomic E-state index is 12.5. The molecule has 0 amide bonds. The number of nitrogens with one attached hydrogen (secondary N) is 2. The fourth-order valence-electron chi connectivity index (χ4n) is 2.52. The Balaban J connectivity index is 0.00000420. The molecular weight excluding hydrogens is 498 g/mol. The molecule has 1 heterocycles. The second-order valence-electron chi connectivity index (χ2n) is 6.41. The van der Waals surface area contributed by atoms with E-state index in [1.165, 1.54) is 0 Å². The molecule has 0 aliphatic carbocycles. The van der Waals surface area contributed by atoms with Crippen molar-refractivity contribution in [2.45, 2.75) is 33.0 Å². The van der Waals surface area contributed by atoms with Gasteiger partial charge in [-0.15, -0.1) is 24.0 Å². The van der Waals surface area contributed by atoms with Crippen LogP contribution in [0.3, 0.4) is 0 Å². The minimum atomic E-state index is -4.38. The highest BCUT2D eigenvalue weighted by molar-refractivity contribution is 14.0. The van der Waals surface area contributed by atoms with Crippen LogP contribution in [0.25, 0.3) is 0 Å². The van der Waals surface area contributed by atoms with Gasteiger partial charge >= 0.3 is 6.18 Å². The molecule has 2 N–H and O–H groups in total. The van der Waals surface area contributed by atoms with E-state index in [-0.39, 0.29) is 36.3 Å². The average molecular weight is 525 g/mol. The molecule has 0 fully saturated rings. The normalized spacial score (nSPS) is 11.7. The molecular formula is C19H27F3IN5O. The van der Waals surface area contributed by atoms with E-state index < -0.39 is 12.8 Å². The van der Waals surface area contributed by atoms with E-state index in [0.29, 0.717) is 24.6 Å². The first kappa shape index (κ1) is 25.1. The Bertz CT molecular complexity index is 792. The molecule has 1 aromatic carbocycles. The molecule has 0 bridgehead atoms. The molecule has 10 heteroatoms. The quantitative estimate of drug-likeness (QED) is 0.314. The highest BCUT2D eigenvalue weighted by Crippen LogP contribution is 2.24. The Morgan fingerprint density at radius 1 is 1.28 bits per heavy atom. The van der Waals surface area contributed by atoms with E-state index in [4.69, 9.17) is 4.74 Å². The summed E-state index contributed by atoms with van der Waals surface area (Å²) >= 11 is 0. The fourth-order valence-corrected chi connectivity index (χ4v) is 2.52. The van der Waals surface area contributed by atoms with Gasteiger partial charge in [0.1, 0.15) is 5.75 Å². The van der Waals surface area contributed by atoms with Crippen molar-refractivity contribution >= 4 is 29.9 Å². The molecule has 0 atom stereocenters. The van der Waals surface area contributed by atoms with Gasteiger partial charge in [-0.2, -0.15) is 18.3 Å². The van der Waals surface area contributed by atoms with Gasteiger partial charge in [-0.05, 0) is 37.5 Å². The van der Waals surface area contributed by atoms with E-state index in [0.717, 1.165) is 17.5 Å². The van der Waals surface area contributed by atoms with Crippen molar-refractivity contribution < 1.29 is 17.9 Å². The smallest absolute Gasteiger partial charge is 0.422 e. The number of hydrogen-bond donors (Lipinski definition) is 2. The number of alkyl halides is 3. The molecule has 1 aromatic heterocycles. The molecule has 0 aliphatic rings. The number of guanidine groups is 1. The van der Waals surface area contributed by atoms with Crippen LogP contribution in [-0.4, -0.2) is 41.6 Å². The maximum absolute atomic E-state index is 12.5. The Morgan fingerprint density at radius 3 is 2.66 bits per heavy atom. The molecule has 0 spiro atoms. The van der Waals surface area contributed by atoms with Gasteiger partial charge in [0.05, 0.1) is 12.7 Å². The predicted octanol–water partition coefficient (Wildman–Crippen LogP) is 3.59. The van der Waals surface area contributed by atoms with Crippen LogP contribution in [0.2, 0.25) is 0 Å². The van der Waals surface area contributed by atoms with Crippen molar-refractivity contribution in [1.82, 2.24) is 20.4 Å². The van der Waals surface area contributed by atoms with E-state index in [1.54, 1.807) is 23.7 Å². The third-order valence-electron chi connectivity index (χ3n) is 3.83. The number of halogens is 4. The second kappa shape index (κ2) is 11.9. The Kier molecular flexibility index (Phi) is 10.3. The monoisotopic (exact) mass is 525 g/mol. The third-order valence-corrected chi connectivity index (χ3v) is 3.83. The number of aromatic nitrogens is 2. The van der Waals surface area contributed by atoms with Crippen LogP contribution in [0.4, 0.5) is 13.2 Å². The molecule has 0 unspecified atom stereocenters. The Morgan fingerprint density at radius 2 is 2.03 bits per heavy atom. The van der Waals surface area contributed by atoms with Crippen molar-refractivity contribution in [3.63, 3.8) is 0 Å². The van der Waals surface area contributed by atoms with Crippen molar-refractivity contribution in [2.24, 2.45) is 12.0 Å². The van der Waals surface area contributed by atoms with Crippen molar-refractivity contribution in [3.8, 4) is 5.75 Å². The molecule has 0 saturated heterocycles. The van der Waals surface area contributed by atoms with Gasteiger partial charge in [0.25, 0.3) is 0 Å². The lowest BCUT2D eigenvalue weighted by Crippen LogP contribution is -2.38. The second-order valence-corrected chi connectivity index (χ2v) is 6.41. The molecule has 0 aliphatic heterocycles. The number of aliphatic imine (C=N–C) groups is 1. The topological polar surface area (TPSA) is 63.5 Å². The maximum Gasteiger partial charge on any atom is 0.422 e. The third kappa shape index (κ3) is 9.37. The number of hydrogen-bond acceptors (Lipinski definition) is 3. The van der Waals surface area contributed by atoms with Gasteiger partial charge in [-0.25, -0.2) is 4.99 Å². The van der Waals surface area contributed by atoms with Crippen LogP contribution in [0, 0.1) is 6.92 Å². The average Bonchev–Trinajstić information content (AvgIpc) is 3.03. The molecule has 0 radical (unpaired) electrons. The van der Waals surface area contributed by atoms with Crippen LogP contribution in [0.5, 0.6) is 5.75 Å². The van der Waals surface area contributed by atoms with Crippen LogP contribution < -0.4 is 15.4 Å². The zero-order valence-corrected chi connectivity index (χ0v) is 19.0. The van der Waals surface area contributed by atoms with Crippen LogP contribution in [0.15, 0.2) is 35.6 Å². The number of benzene rings is 1. The molecule has 2 aromatic rings. The molecule has 0 saturated carbocycles. The van der Waals surface area contributed by atoms with E-state index in [2.05, 4.69) is 20.7 Å². The van der Waals surface area contributed by atoms with Crippen LogP contribution in [-0.2, 0) is 20.0 Å². The fraction of sp³-hybridized carbons (Fsp3) is 0.474. The van der Waals surface area contributed by atoms with Gasteiger partial charge in [0.15, 0.2) is 12.6 Å². The summed E-state index contributed by atoms with van der Waals surface area (Å²) < 4.78 is 44.2. The van der Waals surface area contributed by atoms with Crippen LogP contribution >= 0.6 is 24.0 Å². The summed E-state index contributed by atoms with van der Waals surface area (Å²) in [4.78, 5) is 4.47. The SMILES string of the molecule is CCNC(=NCc1ccc(C)cc1OCC(F)(F)F)NCCc1cnn(C)c1.I. The van der Waals surface area contributed by atoms with Gasteiger partial charge in [0, 0.05) is 31.9 Å². The Labute approximate surface area is 185 Å². The summed E-state index contributed by atoms with van der Waals surface area (Å²) in [5.74, 6) is 0.793. The highest BCUT2D eigenvalue weighted by Gasteiger charge is 2.28. The molecule has 2 rings (SSSR count). The zero-order chi connectivity index (χ0) is 20.6. The summed E-state index contributed by atoms with van der Waals surface area (Å²) in [6.07, 6.45) is 0.153. The summed E-state index contributed by atoms with van der Waals surface area (Å²) in [7, 11) is 1.86. The summed E-state index contributed by atoms with van der Waals surface area (Å²) in [6.45, 7) is 3.96. The first-order valence-corrected chi connectivity index (χ1v) is 9.05. The van der Waals surface area contributed by atoms with E-state index in [1.807, 2.05) is 32.4 Å². The number of rotatable bonds is 8. The Hall–Kier alpha value is -1.98. The molecule has 162 valence electrons. The summed E-state index contributed by atoms with van der Waals surface area (Å²) in [5, 5.41) is 10.5. The van der Waals surface area contributed by atoms with Gasteiger partial charge in [0.2, 0.25) is 0 Å². The predicted molar refractivity (Wildman–Crippen MR) is 118 cm³/mol. The number of nitrogens with zero attached hydrogens (tertiary/aromatic N) is 3. The lowest BCUT2D eigenvalue weighted by Gasteiger charge is -2.14. The summed E-state index contributed by atoms with van der Waals surface area (Å²) in [5.41, 5.74) is 2.53.